The van der Waals surface area contributed by atoms with E-state index in [9.17, 15) is 9.59 Å². The van der Waals surface area contributed by atoms with Crippen LogP contribution in [-0.2, 0) is 9.59 Å². The van der Waals surface area contributed by atoms with E-state index < -0.39 is 5.97 Å². The van der Waals surface area contributed by atoms with Crippen molar-refractivity contribution < 1.29 is 19.4 Å². The van der Waals surface area contributed by atoms with E-state index in [1.165, 1.54) is 0 Å². The minimum absolute atomic E-state index is 0.0195. The molecule has 1 amide bonds. The van der Waals surface area contributed by atoms with Crippen molar-refractivity contribution in [3.8, 4) is 5.75 Å². The van der Waals surface area contributed by atoms with E-state index in [4.69, 9.17) is 21.4 Å². The zero-order valence-electron chi connectivity index (χ0n) is 10.6. The molecule has 0 aliphatic rings. The van der Waals surface area contributed by atoms with Crippen molar-refractivity contribution in [3.63, 3.8) is 0 Å². The number of hydrogen-bond acceptors (Lipinski definition) is 3. The molecule has 6 heteroatoms. The van der Waals surface area contributed by atoms with Crippen LogP contribution in [0.25, 0.3) is 0 Å². The van der Waals surface area contributed by atoms with Gasteiger partial charge in [-0.3, -0.25) is 9.59 Å². The van der Waals surface area contributed by atoms with E-state index in [1.54, 1.807) is 31.2 Å². The molecule has 5 nitrogen and oxygen atoms in total. The summed E-state index contributed by atoms with van der Waals surface area (Å²) in [5.74, 6) is -0.870. The Morgan fingerprint density at radius 1 is 1.42 bits per heavy atom. The number of amides is 1. The summed E-state index contributed by atoms with van der Waals surface area (Å²) >= 11 is 5.87. The Morgan fingerprint density at radius 3 is 2.74 bits per heavy atom. The van der Waals surface area contributed by atoms with Crippen LogP contribution in [0.2, 0.25) is 5.02 Å². The monoisotopic (exact) mass is 285 g/mol. The number of aliphatic carboxylic acids is 1. The Balaban J connectivity index is 2.29. The maximum Gasteiger partial charge on any atom is 0.303 e. The molecule has 1 aromatic carbocycles. The van der Waals surface area contributed by atoms with Crippen molar-refractivity contribution in [3.05, 3.63) is 29.3 Å². The van der Waals surface area contributed by atoms with Gasteiger partial charge in [-0.05, 0) is 18.1 Å². The summed E-state index contributed by atoms with van der Waals surface area (Å²) in [6.45, 7) is 1.91. The molecule has 19 heavy (non-hydrogen) atoms. The summed E-state index contributed by atoms with van der Waals surface area (Å²) in [4.78, 5) is 21.9. The lowest BCUT2D eigenvalue weighted by Gasteiger charge is -2.11. The van der Waals surface area contributed by atoms with Crippen molar-refractivity contribution in [2.45, 2.75) is 13.3 Å². The van der Waals surface area contributed by atoms with Crippen LogP contribution in [0.3, 0.4) is 0 Å². The highest BCUT2D eigenvalue weighted by molar-refractivity contribution is 6.32. The van der Waals surface area contributed by atoms with Gasteiger partial charge in [0.15, 0.2) is 6.61 Å². The first-order chi connectivity index (χ1) is 8.99. The second-order valence-corrected chi connectivity index (χ2v) is 4.63. The smallest absolute Gasteiger partial charge is 0.303 e. The molecule has 0 aliphatic heterocycles. The van der Waals surface area contributed by atoms with Crippen LogP contribution in [0.5, 0.6) is 5.75 Å². The van der Waals surface area contributed by atoms with Crippen LogP contribution < -0.4 is 10.1 Å². The van der Waals surface area contributed by atoms with E-state index in [1.807, 2.05) is 0 Å². The summed E-state index contributed by atoms with van der Waals surface area (Å²) in [6.07, 6.45) is 0.0195. The molecule has 104 valence electrons. The molecule has 0 aliphatic carbocycles. The predicted octanol–water partition coefficient (Wildman–Crippen LogP) is 1.95. The number of carbonyl (C=O) groups excluding carboxylic acids is 1. The zero-order chi connectivity index (χ0) is 14.3. The van der Waals surface area contributed by atoms with Crippen LogP contribution in [0.15, 0.2) is 24.3 Å². The van der Waals surface area contributed by atoms with E-state index in [0.29, 0.717) is 17.3 Å². The lowest BCUT2D eigenvalue weighted by molar-refractivity contribution is -0.138. The molecule has 0 radical (unpaired) electrons. The number of rotatable bonds is 7. The van der Waals surface area contributed by atoms with E-state index in [-0.39, 0.29) is 24.9 Å². The number of para-hydroxylation sites is 1. The highest BCUT2D eigenvalue weighted by Crippen LogP contribution is 2.22. The van der Waals surface area contributed by atoms with Crippen molar-refractivity contribution in [2.24, 2.45) is 5.92 Å². The van der Waals surface area contributed by atoms with Gasteiger partial charge in [-0.25, -0.2) is 0 Å². The van der Waals surface area contributed by atoms with Crippen molar-refractivity contribution in [1.82, 2.24) is 5.32 Å². The number of halogens is 1. The third-order valence-electron chi connectivity index (χ3n) is 2.37. The molecule has 1 unspecified atom stereocenters. The lowest BCUT2D eigenvalue weighted by Crippen LogP contribution is -2.33. The van der Waals surface area contributed by atoms with Crippen LogP contribution in [0, 0.1) is 5.92 Å². The highest BCUT2D eigenvalue weighted by Gasteiger charge is 2.10. The van der Waals surface area contributed by atoms with Crippen molar-refractivity contribution in [2.75, 3.05) is 13.2 Å². The molecular formula is C13H16ClNO4. The van der Waals surface area contributed by atoms with E-state index >= 15 is 0 Å². The van der Waals surface area contributed by atoms with Gasteiger partial charge in [-0.2, -0.15) is 0 Å². The molecule has 1 atom stereocenters. The summed E-state index contributed by atoms with van der Waals surface area (Å²) in [7, 11) is 0. The number of ether oxygens (including phenoxy) is 1. The molecule has 0 aromatic heterocycles. The fourth-order valence-electron chi connectivity index (χ4n) is 1.41. The second kappa shape index (κ2) is 7.63. The Bertz CT molecular complexity index is 450. The largest absolute Gasteiger partial charge is 0.482 e. The van der Waals surface area contributed by atoms with E-state index in [2.05, 4.69) is 5.32 Å². The summed E-state index contributed by atoms with van der Waals surface area (Å²) < 4.78 is 5.25. The molecule has 2 N–H and O–H groups in total. The Labute approximate surface area is 116 Å². The van der Waals surface area contributed by atoms with E-state index in [0.717, 1.165) is 0 Å². The Hall–Kier alpha value is -1.75. The van der Waals surface area contributed by atoms with Gasteiger partial charge in [0, 0.05) is 13.0 Å². The number of carboxylic acids is 1. The SMILES string of the molecule is CC(CNC(=O)COc1ccccc1Cl)CC(=O)O. The fraction of sp³-hybridized carbons (Fsp3) is 0.385. The summed E-state index contributed by atoms with van der Waals surface area (Å²) in [5.41, 5.74) is 0. The minimum Gasteiger partial charge on any atom is -0.482 e. The Kier molecular flexibility index (Phi) is 6.15. The Morgan fingerprint density at radius 2 is 2.11 bits per heavy atom. The molecule has 0 fully saturated rings. The number of hydrogen-bond donors (Lipinski definition) is 2. The van der Waals surface area contributed by atoms with Gasteiger partial charge in [0.1, 0.15) is 5.75 Å². The third kappa shape index (κ3) is 6.10. The average molecular weight is 286 g/mol. The number of carboxylic acid groups (broad SMARTS) is 1. The van der Waals surface area contributed by atoms with Gasteiger partial charge < -0.3 is 15.2 Å². The van der Waals surface area contributed by atoms with Gasteiger partial charge >= 0.3 is 5.97 Å². The summed E-state index contributed by atoms with van der Waals surface area (Å²) in [5, 5.41) is 11.6. The minimum atomic E-state index is -0.880. The van der Waals surface area contributed by atoms with Crippen LogP contribution in [-0.4, -0.2) is 30.1 Å². The second-order valence-electron chi connectivity index (χ2n) is 4.23. The molecular weight excluding hydrogens is 270 g/mol. The first-order valence-electron chi connectivity index (χ1n) is 5.85. The molecule has 0 heterocycles. The van der Waals surface area contributed by atoms with Crippen LogP contribution in [0.1, 0.15) is 13.3 Å². The molecule has 0 spiro atoms. The molecule has 1 aromatic rings. The summed E-state index contributed by atoms with van der Waals surface area (Å²) in [6, 6.07) is 6.86. The first-order valence-corrected chi connectivity index (χ1v) is 6.22. The third-order valence-corrected chi connectivity index (χ3v) is 2.68. The maximum atomic E-state index is 11.5. The van der Waals surface area contributed by atoms with Crippen molar-refractivity contribution in [1.29, 1.82) is 0 Å². The number of nitrogens with one attached hydrogen (secondary N) is 1. The van der Waals surface area contributed by atoms with Gasteiger partial charge in [-0.15, -0.1) is 0 Å². The van der Waals surface area contributed by atoms with Gasteiger partial charge in [0.2, 0.25) is 0 Å². The molecule has 0 saturated heterocycles. The highest BCUT2D eigenvalue weighted by atomic mass is 35.5. The van der Waals surface area contributed by atoms with Crippen LogP contribution >= 0.6 is 11.6 Å². The predicted molar refractivity (Wildman–Crippen MR) is 71.4 cm³/mol. The lowest BCUT2D eigenvalue weighted by atomic mass is 10.1. The van der Waals surface area contributed by atoms with Crippen LogP contribution in [0.4, 0.5) is 0 Å². The first kappa shape index (κ1) is 15.3. The molecule has 0 saturated carbocycles. The normalized spacial score (nSPS) is 11.7. The molecule has 1 rings (SSSR count). The standard InChI is InChI=1S/C13H16ClNO4/c1-9(6-13(17)18)7-15-12(16)8-19-11-5-3-2-4-10(11)14/h2-5,9H,6-8H2,1H3,(H,15,16)(H,17,18). The quantitative estimate of drug-likeness (QED) is 0.803. The number of benzene rings is 1. The zero-order valence-corrected chi connectivity index (χ0v) is 11.3. The maximum absolute atomic E-state index is 11.5. The fourth-order valence-corrected chi connectivity index (χ4v) is 1.60. The van der Waals surface area contributed by atoms with Gasteiger partial charge in [0.05, 0.1) is 5.02 Å². The van der Waals surface area contributed by atoms with Gasteiger partial charge in [0.25, 0.3) is 5.91 Å². The average Bonchev–Trinajstić information content (AvgIpc) is 2.34. The van der Waals surface area contributed by atoms with Crippen molar-refractivity contribution >= 4 is 23.5 Å². The molecule has 0 bridgehead atoms. The topological polar surface area (TPSA) is 75.6 Å². The van der Waals surface area contributed by atoms with Gasteiger partial charge in [-0.1, -0.05) is 30.7 Å². The number of carbonyl (C=O) groups is 2.